The highest BCUT2D eigenvalue weighted by molar-refractivity contribution is 6.31. The summed E-state index contributed by atoms with van der Waals surface area (Å²) in [6, 6.07) is 11.0. The van der Waals surface area contributed by atoms with Crippen molar-refractivity contribution >= 4 is 23.2 Å². The van der Waals surface area contributed by atoms with E-state index in [1.165, 1.54) is 0 Å². The molecular weight excluding hydrogens is 302 g/mol. The van der Waals surface area contributed by atoms with Crippen LogP contribution in [0.5, 0.6) is 11.5 Å². The number of carbonyl (C=O) groups is 1. The van der Waals surface area contributed by atoms with Crippen LogP contribution in [-0.2, 0) is 11.2 Å². The first-order valence-electron chi connectivity index (χ1n) is 7.07. The molecule has 0 atom stereocenters. The van der Waals surface area contributed by atoms with Crippen molar-refractivity contribution in [1.82, 2.24) is 0 Å². The average molecular weight is 318 g/mol. The number of amides is 1. The maximum atomic E-state index is 12.2. The second kappa shape index (κ2) is 6.28. The monoisotopic (exact) mass is 317 g/mol. The number of anilines is 1. The van der Waals surface area contributed by atoms with Crippen molar-refractivity contribution in [2.24, 2.45) is 0 Å². The van der Waals surface area contributed by atoms with E-state index < -0.39 is 0 Å². The van der Waals surface area contributed by atoms with Gasteiger partial charge in [0.25, 0.3) is 0 Å². The van der Waals surface area contributed by atoms with Crippen LogP contribution in [0.2, 0.25) is 5.02 Å². The van der Waals surface area contributed by atoms with Crippen LogP contribution in [0.15, 0.2) is 36.4 Å². The lowest BCUT2D eigenvalue weighted by molar-refractivity contribution is -0.115. The van der Waals surface area contributed by atoms with Gasteiger partial charge in [0.15, 0.2) is 11.5 Å². The normalized spacial score (nSPS) is 12.8. The number of ether oxygens (including phenoxy) is 2. The van der Waals surface area contributed by atoms with Gasteiger partial charge < -0.3 is 14.8 Å². The Hall–Kier alpha value is -2.20. The van der Waals surface area contributed by atoms with E-state index in [4.69, 9.17) is 21.1 Å². The minimum absolute atomic E-state index is 0.0953. The first kappa shape index (κ1) is 14.7. The Morgan fingerprint density at radius 3 is 2.77 bits per heavy atom. The van der Waals surface area contributed by atoms with Crippen molar-refractivity contribution in [3.8, 4) is 11.5 Å². The zero-order chi connectivity index (χ0) is 15.5. The standard InChI is InChI=1S/C17H16ClNO3/c1-11-13(18)3-2-4-14(11)19-17(20)10-12-5-6-15-16(9-12)22-8-7-21-15/h2-6,9H,7-8,10H2,1H3,(H,19,20). The highest BCUT2D eigenvalue weighted by atomic mass is 35.5. The Balaban J connectivity index is 1.70. The topological polar surface area (TPSA) is 47.6 Å². The van der Waals surface area contributed by atoms with Gasteiger partial charge in [-0.3, -0.25) is 4.79 Å². The fraction of sp³-hybridized carbons (Fsp3) is 0.235. The van der Waals surface area contributed by atoms with Crippen molar-refractivity contribution in [2.45, 2.75) is 13.3 Å². The molecule has 1 amide bonds. The summed E-state index contributed by atoms with van der Waals surface area (Å²) < 4.78 is 11.0. The molecule has 4 nitrogen and oxygen atoms in total. The average Bonchev–Trinajstić information content (AvgIpc) is 2.52. The SMILES string of the molecule is Cc1c(Cl)cccc1NC(=O)Cc1ccc2c(c1)OCCO2. The molecule has 1 N–H and O–H groups in total. The van der Waals surface area contributed by atoms with E-state index in [0.717, 1.165) is 22.6 Å². The lowest BCUT2D eigenvalue weighted by Crippen LogP contribution is -2.17. The zero-order valence-electron chi connectivity index (χ0n) is 12.2. The highest BCUT2D eigenvalue weighted by Gasteiger charge is 2.13. The Morgan fingerprint density at radius 2 is 1.95 bits per heavy atom. The molecule has 2 aromatic carbocycles. The van der Waals surface area contributed by atoms with Gasteiger partial charge >= 0.3 is 0 Å². The third-order valence-corrected chi connectivity index (χ3v) is 3.92. The van der Waals surface area contributed by atoms with Crippen LogP contribution in [-0.4, -0.2) is 19.1 Å². The number of carbonyl (C=O) groups excluding carboxylic acids is 1. The van der Waals surface area contributed by atoms with Crippen LogP contribution in [0.1, 0.15) is 11.1 Å². The minimum atomic E-state index is -0.0953. The molecule has 0 radical (unpaired) electrons. The summed E-state index contributed by atoms with van der Waals surface area (Å²) in [5.41, 5.74) is 2.47. The second-order valence-electron chi connectivity index (χ2n) is 5.12. The minimum Gasteiger partial charge on any atom is -0.486 e. The van der Waals surface area contributed by atoms with E-state index >= 15 is 0 Å². The third kappa shape index (κ3) is 3.17. The van der Waals surface area contributed by atoms with Gasteiger partial charge in [0, 0.05) is 10.7 Å². The van der Waals surface area contributed by atoms with Gasteiger partial charge in [-0.05, 0) is 42.3 Å². The summed E-state index contributed by atoms with van der Waals surface area (Å²) in [7, 11) is 0. The van der Waals surface area contributed by atoms with Gasteiger partial charge in [-0.25, -0.2) is 0 Å². The third-order valence-electron chi connectivity index (χ3n) is 3.51. The van der Waals surface area contributed by atoms with Gasteiger partial charge in [-0.2, -0.15) is 0 Å². The van der Waals surface area contributed by atoms with Crippen molar-refractivity contribution in [3.05, 3.63) is 52.5 Å². The summed E-state index contributed by atoms with van der Waals surface area (Å²) in [4.78, 5) is 12.2. The molecule has 0 fully saturated rings. The van der Waals surface area contributed by atoms with Crippen molar-refractivity contribution in [3.63, 3.8) is 0 Å². The first-order valence-corrected chi connectivity index (χ1v) is 7.45. The summed E-state index contributed by atoms with van der Waals surface area (Å²) >= 11 is 6.06. The first-order chi connectivity index (χ1) is 10.6. The molecule has 0 aromatic heterocycles. The number of hydrogen-bond donors (Lipinski definition) is 1. The summed E-state index contributed by atoms with van der Waals surface area (Å²) in [5.74, 6) is 1.32. The molecule has 3 rings (SSSR count). The molecule has 0 saturated heterocycles. The molecule has 0 aliphatic carbocycles. The number of rotatable bonds is 3. The van der Waals surface area contributed by atoms with Crippen molar-refractivity contribution in [1.29, 1.82) is 0 Å². The van der Waals surface area contributed by atoms with E-state index in [9.17, 15) is 4.79 Å². The molecule has 2 aromatic rings. The van der Waals surface area contributed by atoms with E-state index in [-0.39, 0.29) is 12.3 Å². The Bertz CT molecular complexity index is 715. The quantitative estimate of drug-likeness (QED) is 0.941. The van der Waals surface area contributed by atoms with E-state index in [1.807, 2.05) is 37.3 Å². The van der Waals surface area contributed by atoms with Crippen LogP contribution < -0.4 is 14.8 Å². The van der Waals surface area contributed by atoms with Crippen molar-refractivity contribution in [2.75, 3.05) is 18.5 Å². The maximum Gasteiger partial charge on any atom is 0.228 e. The molecule has 0 bridgehead atoms. The fourth-order valence-electron chi connectivity index (χ4n) is 2.32. The summed E-state index contributed by atoms with van der Waals surface area (Å²) in [5, 5.41) is 3.52. The number of halogens is 1. The molecule has 22 heavy (non-hydrogen) atoms. The van der Waals surface area contributed by atoms with E-state index in [2.05, 4.69) is 5.32 Å². The summed E-state index contributed by atoms with van der Waals surface area (Å²) in [6.07, 6.45) is 0.266. The van der Waals surface area contributed by atoms with Gasteiger partial charge in [0.05, 0.1) is 6.42 Å². The fourth-order valence-corrected chi connectivity index (χ4v) is 2.49. The lowest BCUT2D eigenvalue weighted by Gasteiger charge is -2.18. The molecule has 0 spiro atoms. The smallest absolute Gasteiger partial charge is 0.228 e. The largest absolute Gasteiger partial charge is 0.486 e. The van der Waals surface area contributed by atoms with Gasteiger partial charge in [0.2, 0.25) is 5.91 Å². The Labute approximate surface area is 134 Å². The molecule has 0 saturated carbocycles. The van der Waals surface area contributed by atoms with Crippen LogP contribution >= 0.6 is 11.6 Å². The van der Waals surface area contributed by atoms with E-state index in [0.29, 0.717) is 24.0 Å². The molecule has 0 unspecified atom stereocenters. The predicted octanol–water partition coefficient (Wildman–Crippen LogP) is 3.60. The predicted molar refractivity (Wildman–Crippen MR) is 86.0 cm³/mol. The number of fused-ring (bicyclic) bond motifs is 1. The Morgan fingerprint density at radius 1 is 1.18 bits per heavy atom. The van der Waals surface area contributed by atoms with Gasteiger partial charge in [-0.1, -0.05) is 23.7 Å². The van der Waals surface area contributed by atoms with Crippen molar-refractivity contribution < 1.29 is 14.3 Å². The highest BCUT2D eigenvalue weighted by Crippen LogP contribution is 2.31. The van der Waals surface area contributed by atoms with Crippen LogP contribution in [0.25, 0.3) is 0 Å². The molecule has 1 aliphatic heterocycles. The second-order valence-corrected chi connectivity index (χ2v) is 5.52. The number of nitrogens with one attached hydrogen (secondary N) is 1. The van der Waals surface area contributed by atoms with Crippen LogP contribution in [0.4, 0.5) is 5.69 Å². The molecule has 1 aliphatic rings. The zero-order valence-corrected chi connectivity index (χ0v) is 12.9. The van der Waals surface area contributed by atoms with Crippen LogP contribution in [0.3, 0.4) is 0 Å². The maximum absolute atomic E-state index is 12.2. The molecule has 114 valence electrons. The lowest BCUT2D eigenvalue weighted by atomic mass is 10.1. The molecule has 5 heteroatoms. The number of benzene rings is 2. The Kier molecular flexibility index (Phi) is 4.20. The van der Waals surface area contributed by atoms with Gasteiger partial charge in [0.1, 0.15) is 13.2 Å². The molecule has 1 heterocycles. The number of hydrogen-bond acceptors (Lipinski definition) is 3. The molecular formula is C17H16ClNO3. The summed E-state index contributed by atoms with van der Waals surface area (Å²) in [6.45, 7) is 2.97. The van der Waals surface area contributed by atoms with E-state index in [1.54, 1.807) is 6.07 Å². The van der Waals surface area contributed by atoms with Gasteiger partial charge in [-0.15, -0.1) is 0 Å². The van der Waals surface area contributed by atoms with Crippen LogP contribution in [0, 0.1) is 6.92 Å².